The largest absolute Gasteiger partial charge is 0.512 e. The van der Waals surface area contributed by atoms with E-state index in [1.807, 2.05) is 0 Å². The fourth-order valence-corrected chi connectivity index (χ4v) is 2.28. The molecule has 0 atom stereocenters. The summed E-state index contributed by atoms with van der Waals surface area (Å²) in [5.74, 6) is -1.57. The number of hydrogen-bond acceptors (Lipinski definition) is 4. The van der Waals surface area contributed by atoms with Crippen molar-refractivity contribution in [3.05, 3.63) is 46.7 Å². The molecule has 1 aromatic carbocycles. The van der Waals surface area contributed by atoms with E-state index in [9.17, 15) is 14.7 Å². The van der Waals surface area contributed by atoms with Crippen LogP contribution in [0, 0.1) is 0 Å². The van der Waals surface area contributed by atoms with E-state index in [4.69, 9.17) is 16.3 Å². The summed E-state index contributed by atoms with van der Waals surface area (Å²) in [6, 6.07) is 6.98. The van der Waals surface area contributed by atoms with Crippen molar-refractivity contribution in [1.29, 1.82) is 0 Å². The minimum atomic E-state index is -0.691. The molecule has 0 saturated carbocycles. The average molecular weight is 349 g/mol. The first-order valence-electron chi connectivity index (χ1n) is 7.32. The van der Waals surface area contributed by atoms with Crippen LogP contribution < -0.4 is 0 Å². The van der Waals surface area contributed by atoms with Gasteiger partial charge in [-0.25, -0.2) is 9.79 Å². The number of esters is 1. The van der Waals surface area contributed by atoms with E-state index in [1.165, 1.54) is 6.92 Å². The van der Waals surface area contributed by atoms with Gasteiger partial charge in [-0.3, -0.25) is 4.79 Å². The number of nitrogens with zero attached hydrogens (tertiary/aromatic N) is 2. The van der Waals surface area contributed by atoms with Crippen LogP contribution in [0.25, 0.3) is 0 Å². The van der Waals surface area contributed by atoms with Gasteiger partial charge in [-0.15, -0.1) is 11.6 Å². The van der Waals surface area contributed by atoms with Crippen molar-refractivity contribution in [3.63, 3.8) is 0 Å². The molecule has 0 spiro atoms. The predicted octanol–water partition coefficient (Wildman–Crippen LogP) is 2.78. The lowest BCUT2D eigenvalue weighted by atomic mass is 9.99. The first-order chi connectivity index (χ1) is 11.3. The number of amidine groups is 1. The van der Waals surface area contributed by atoms with Crippen LogP contribution in [-0.4, -0.2) is 40.5 Å². The van der Waals surface area contributed by atoms with Gasteiger partial charge in [-0.2, -0.15) is 4.99 Å². The number of amides is 1. The second-order valence-corrected chi connectivity index (χ2v) is 5.65. The molecule has 0 saturated heterocycles. The van der Waals surface area contributed by atoms with Crippen LogP contribution in [0.3, 0.4) is 0 Å². The Morgan fingerprint density at radius 2 is 1.92 bits per heavy atom. The van der Waals surface area contributed by atoms with E-state index in [-0.39, 0.29) is 34.9 Å². The first-order valence-corrected chi connectivity index (χ1v) is 7.85. The normalized spacial score (nSPS) is 15.9. The lowest BCUT2D eigenvalue weighted by Gasteiger charge is -2.12. The zero-order valence-corrected chi connectivity index (χ0v) is 14.3. The quantitative estimate of drug-likeness (QED) is 0.392. The Morgan fingerprint density at radius 1 is 1.29 bits per heavy atom. The molecule has 0 fully saturated rings. The smallest absolute Gasteiger partial charge is 0.344 e. The monoisotopic (exact) mass is 348 g/mol. The summed E-state index contributed by atoms with van der Waals surface area (Å²) < 4.78 is 5.17. The number of benzene rings is 1. The molecule has 126 valence electrons. The topological polar surface area (TPSA) is 88.3 Å². The minimum absolute atomic E-state index is 0.0559. The third-order valence-electron chi connectivity index (χ3n) is 3.13. The summed E-state index contributed by atoms with van der Waals surface area (Å²) in [5.41, 5.74) is 1.34. The highest BCUT2D eigenvalue weighted by molar-refractivity contribution is 6.37. The van der Waals surface area contributed by atoms with E-state index < -0.39 is 11.9 Å². The number of allylic oxidation sites excluding steroid dienone is 1. The number of ether oxygens (including phenoxy) is 1. The average Bonchev–Trinajstić information content (AvgIpc) is 2.85. The highest BCUT2D eigenvalue weighted by Crippen LogP contribution is 2.25. The van der Waals surface area contributed by atoms with Gasteiger partial charge >= 0.3 is 5.97 Å². The fraction of sp³-hybridized carbons (Fsp3) is 0.294. The number of hydrogen-bond donors (Lipinski definition) is 1. The van der Waals surface area contributed by atoms with E-state index in [0.717, 1.165) is 0 Å². The molecule has 1 aliphatic heterocycles. The van der Waals surface area contributed by atoms with Crippen molar-refractivity contribution in [2.24, 2.45) is 9.98 Å². The van der Waals surface area contributed by atoms with Gasteiger partial charge < -0.3 is 9.84 Å². The maximum Gasteiger partial charge on any atom is 0.344 e. The minimum Gasteiger partial charge on any atom is -0.512 e. The van der Waals surface area contributed by atoms with Crippen molar-refractivity contribution in [2.75, 3.05) is 5.88 Å². The molecular weight excluding hydrogens is 332 g/mol. The molecule has 7 heteroatoms. The molecule has 6 nitrogen and oxygen atoms in total. The molecule has 0 unspecified atom stereocenters. The third-order valence-corrected chi connectivity index (χ3v) is 3.36. The Bertz CT molecular complexity index is 775. The molecule has 1 aromatic rings. The Morgan fingerprint density at radius 3 is 2.46 bits per heavy atom. The predicted molar refractivity (Wildman–Crippen MR) is 91.8 cm³/mol. The van der Waals surface area contributed by atoms with Gasteiger partial charge in [-0.1, -0.05) is 24.3 Å². The molecule has 1 amide bonds. The molecule has 1 heterocycles. The van der Waals surface area contributed by atoms with E-state index in [2.05, 4.69) is 9.98 Å². The summed E-state index contributed by atoms with van der Waals surface area (Å²) in [4.78, 5) is 32.0. The molecule has 24 heavy (non-hydrogen) atoms. The molecule has 1 N–H and O–H groups in total. The van der Waals surface area contributed by atoms with E-state index in [0.29, 0.717) is 11.1 Å². The van der Waals surface area contributed by atoms with Crippen LogP contribution in [0.15, 0.2) is 45.6 Å². The van der Waals surface area contributed by atoms with Crippen molar-refractivity contribution >= 4 is 35.0 Å². The maximum absolute atomic E-state index is 12.3. The van der Waals surface area contributed by atoms with Crippen LogP contribution in [0.5, 0.6) is 0 Å². The zero-order valence-electron chi connectivity index (χ0n) is 13.5. The number of rotatable bonds is 4. The Labute approximate surface area is 144 Å². The summed E-state index contributed by atoms with van der Waals surface area (Å²) in [7, 11) is 0. The van der Waals surface area contributed by atoms with Crippen molar-refractivity contribution in [1.82, 2.24) is 0 Å². The van der Waals surface area contributed by atoms with Gasteiger partial charge in [-0.05, 0) is 20.8 Å². The number of alkyl halides is 1. The van der Waals surface area contributed by atoms with E-state index in [1.54, 1.807) is 38.1 Å². The number of aliphatic hydroxyl groups excluding tert-OH is 1. The Hall–Kier alpha value is -2.47. The molecule has 1 aliphatic rings. The highest BCUT2D eigenvalue weighted by atomic mass is 35.5. The van der Waals surface area contributed by atoms with Crippen molar-refractivity contribution in [2.45, 2.75) is 26.9 Å². The number of halogens is 1. The van der Waals surface area contributed by atoms with Crippen LogP contribution in [0.2, 0.25) is 0 Å². The highest BCUT2D eigenvalue weighted by Gasteiger charge is 2.30. The van der Waals surface area contributed by atoms with Gasteiger partial charge in [0.05, 0.1) is 11.8 Å². The summed E-state index contributed by atoms with van der Waals surface area (Å²) in [6.07, 6.45) is -0.352. The van der Waals surface area contributed by atoms with Crippen LogP contribution in [0.4, 0.5) is 0 Å². The first kappa shape index (κ1) is 17.9. The van der Waals surface area contributed by atoms with E-state index >= 15 is 0 Å². The van der Waals surface area contributed by atoms with Crippen LogP contribution in [-0.2, 0) is 14.3 Å². The van der Waals surface area contributed by atoms with Crippen molar-refractivity contribution in [3.8, 4) is 0 Å². The van der Waals surface area contributed by atoms with Gasteiger partial charge in [0.15, 0.2) is 5.84 Å². The molecule has 0 bridgehead atoms. The van der Waals surface area contributed by atoms with Gasteiger partial charge in [0.1, 0.15) is 17.2 Å². The number of aliphatic hydroxyl groups is 1. The Balaban J connectivity index is 2.58. The second kappa shape index (κ2) is 7.40. The van der Waals surface area contributed by atoms with Gasteiger partial charge in [0, 0.05) is 11.1 Å². The summed E-state index contributed by atoms with van der Waals surface area (Å²) >= 11 is 5.49. The zero-order chi connectivity index (χ0) is 17.9. The standard InChI is InChI=1S/C17H17ClN2O4/c1-9(2)24-17(23)14(10(3)21)15-11-6-4-5-7-12(11)16(20-15)19-13(22)8-18/h4-7,9,21H,8H2,1-3H3/b14-10-,19-16?. The molecular formula is C17H17ClN2O4. The third kappa shape index (κ3) is 3.71. The fourth-order valence-electron chi connectivity index (χ4n) is 2.22. The SMILES string of the molecule is C/C(O)=C(/C(=O)OC(C)C)C1=NC(=NC(=O)CCl)c2ccccc21. The lowest BCUT2D eigenvalue weighted by Crippen LogP contribution is -2.21. The molecule has 2 rings (SSSR count). The van der Waals surface area contributed by atoms with Gasteiger partial charge in [0.25, 0.3) is 5.91 Å². The van der Waals surface area contributed by atoms with Gasteiger partial charge in [0.2, 0.25) is 0 Å². The molecule has 0 aliphatic carbocycles. The number of aliphatic imine (C=N–C) groups is 2. The van der Waals surface area contributed by atoms with Crippen LogP contribution >= 0.6 is 11.6 Å². The number of fused-ring (bicyclic) bond motifs is 1. The van der Waals surface area contributed by atoms with Crippen LogP contribution in [0.1, 0.15) is 31.9 Å². The Kier molecular flexibility index (Phi) is 5.51. The second-order valence-electron chi connectivity index (χ2n) is 5.38. The molecule has 0 radical (unpaired) electrons. The number of carbonyl (C=O) groups excluding carboxylic acids is 2. The summed E-state index contributed by atoms with van der Waals surface area (Å²) in [6.45, 7) is 4.79. The maximum atomic E-state index is 12.3. The lowest BCUT2D eigenvalue weighted by molar-refractivity contribution is -0.142. The molecule has 0 aromatic heterocycles. The van der Waals surface area contributed by atoms with Crippen molar-refractivity contribution < 1.29 is 19.4 Å². The summed E-state index contributed by atoms with van der Waals surface area (Å²) in [5, 5.41) is 9.97. The number of carbonyl (C=O) groups is 2.